The maximum absolute atomic E-state index is 13.8. The Morgan fingerprint density at radius 3 is 2.19 bits per heavy atom. The highest BCUT2D eigenvalue weighted by molar-refractivity contribution is 6.07. The van der Waals surface area contributed by atoms with E-state index in [-0.39, 0.29) is 36.3 Å². The molecule has 0 aliphatic carbocycles. The maximum Gasteiger partial charge on any atom is 0.416 e. The van der Waals surface area contributed by atoms with Crippen molar-refractivity contribution in [3.63, 3.8) is 0 Å². The van der Waals surface area contributed by atoms with Crippen molar-refractivity contribution in [1.82, 2.24) is 14.9 Å². The van der Waals surface area contributed by atoms with E-state index in [4.69, 9.17) is 0 Å². The number of rotatable bonds is 8. The summed E-state index contributed by atoms with van der Waals surface area (Å²) in [6, 6.07) is 11.4. The van der Waals surface area contributed by atoms with E-state index in [9.17, 15) is 41.0 Å². The summed E-state index contributed by atoms with van der Waals surface area (Å²) in [5.74, 6) is -1.15. The van der Waals surface area contributed by atoms with Gasteiger partial charge >= 0.3 is 12.4 Å². The number of amides is 1. The van der Waals surface area contributed by atoms with Crippen LogP contribution in [0.1, 0.15) is 46.1 Å². The molecule has 0 saturated heterocycles. The van der Waals surface area contributed by atoms with Gasteiger partial charge < -0.3 is 15.0 Å². The van der Waals surface area contributed by atoms with Gasteiger partial charge in [0.1, 0.15) is 11.2 Å². The fourth-order valence-electron chi connectivity index (χ4n) is 4.70. The third-order valence-electron chi connectivity index (χ3n) is 6.80. The van der Waals surface area contributed by atoms with E-state index in [2.05, 4.69) is 10.3 Å². The fraction of sp³-hybridized carbons (Fsp3) is 0.300. The highest BCUT2D eigenvalue weighted by Gasteiger charge is 2.37. The molecule has 4 rings (SSSR count). The standard InChI is InChI=1S/C30H27F6N3O3/c1-17-5-7-20(8-6-17)24-23-4-3-10-37-25(23)28(42)39(16-18(2)9-11-40)26(24)27(41)38-15-19-12-21(29(31,32)33)14-22(13-19)30(34,35)36/h3-8,10,12-14,18,40H,9,11,15-16H2,1-2H3,(H,38,41). The minimum atomic E-state index is -5.05. The van der Waals surface area contributed by atoms with Gasteiger partial charge in [-0.15, -0.1) is 0 Å². The average molecular weight is 592 g/mol. The predicted molar refractivity (Wildman–Crippen MR) is 145 cm³/mol. The summed E-state index contributed by atoms with van der Waals surface area (Å²) in [4.78, 5) is 31.7. The number of aliphatic hydroxyl groups excluding tert-OH is 1. The Hall–Kier alpha value is -4.19. The van der Waals surface area contributed by atoms with Crippen LogP contribution in [-0.2, 0) is 25.4 Å². The Morgan fingerprint density at radius 2 is 1.62 bits per heavy atom. The fourth-order valence-corrected chi connectivity index (χ4v) is 4.70. The Labute approximate surface area is 236 Å². The van der Waals surface area contributed by atoms with E-state index in [1.54, 1.807) is 43.3 Å². The number of aromatic nitrogens is 2. The number of carbonyl (C=O) groups is 1. The van der Waals surface area contributed by atoms with Gasteiger partial charge in [-0.3, -0.25) is 14.6 Å². The van der Waals surface area contributed by atoms with Gasteiger partial charge in [-0.05, 0) is 54.7 Å². The molecule has 2 aromatic carbocycles. The first-order chi connectivity index (χ1) is 19.7. The van der Waals surface area contributed by atoms with Crippen LogP contribution in [0.25, 0.3) is 22.0 Å². The number of alkyl halides is 6. The molecule has 0 saturated carbocycles. The normalized spacial score (nSPS) is 12.9. The van der Waals surface area contributed by atoms with E-state index >= 15 is 0 Å². The molecule has 0 bridgehead atoms. The summed E-state index contributed by atoms with van der Waals surface area (Å²) in [6.07, 6.45) is -8.37. The number of aryl methyl sites for hydroxylation is 1. The lowest BCUT2D eigenvalue weighted by Crippen LogP contribution is -2.35. The monoisotopic (exact) mass is 591 g/mol. The molecule has 1 atom stereocenters. The molecule has 2 N–H and O–H groups in total. The van der Waals surface area contributed by atoms with Gasteiger partial charge in [-0.1, -0.05) is 42.8 Å². The lowest BCUT2D eigenvalue weighted by molar-refractivity contribution is -0.143. The lowest BCUT2D eigenvalue weighted by Gasteiger charge is -2.22. The largest absolute Gasteiger partial charge is 0.416 e. The number of halogens is 6. The van der Waals surface area contributed by atoms with Crippen LogP contribution >= 0.6 is 0 Å². The first kappa shape index (κ1) is 30.8. The molecule has 0 aliphatic rings. The first-order valence-electron chi connectivity index (χ1n) is 13.0. The highest BCUT2D eigenvalue weighted by Crippen LogP contribution is 2.36. The van der Waals surface area contributed by atoms with Gasteiger partial charge in [0.25, 0.3) is 11.5 Å². The Balaban J connectivity index is 1.88. The second-order valence-electron chi connectivity index (χ2n) is 10.1. The summed E-state index contributed by atoms with van der Waals surface area (Å²) in [5, 5.41) is 12.2. The Kier molecular flexibility index (Phi) is 8.76. The van der Waals surface area contributed by atoms with Crippen molar-refractivity contribution in [2.45, 2.75) is 45.7 Å². The van der Waals surface area contributed by atoms with Gasteiger partial charge in [0.2, 0.25) is 0 Å². The van der Waals surface area contributed by atoms with Crippen LogP contribution in [0.3, 0.4) is 0 Å². The molecule has 4 aromatic rings. The van der Waals surface area contributed by atoms with Crippen molar-refractivity contribution >= 4 is 16.8 Å². The summed E-state index contributed by atoms with van der Waals surface area (Å²) >= 11 is 0. The number of benzene rings is 2. The second kappa shape index (κ2) is 12.0. The number of nitrogens with zero attached hydrogens (tertiary/aromatic N) is 2. The van der Waals surface area contributed by atoms with Crippen molar-refractivity contribution in [3.8, 4) is 11.1 Å². The van der Waals surface area contributed by atoms with Crippen molar-refractivity contribution < 1.29 is 36.2 Å². The predicted octanol–water partition coefficient (Wildman–Crippen LogP) is 6.36. The van der Waals surface area contributed by atoms with Crippen LogP contribution in [0, 0.1) is 12.8 Å². The molecular formula is C30H27F6N3O3. The summed E-state index contributed by atoms with van der Waals surface area (Å²) < 4.78 is 81.5. The molecule has 0 fully saturated rings. The number of hydrogen-bond donors (Lipinski definition) is 2. The molecule has 12 heteroatoms. The number of pyridine rings is 2. The lowest BCUT2D eigenvalue weighted by atomic mass is 9.96. The zero-order chi connectivity index (χ0) is 30.8. The number of aliphatic hydroxyl groups is 1. The van der Waals surface area contributed by atoms with Crippen molar-refractivity contribution in [1.29, 1.82) is 0 Å². The number of carbonyl (C=O) groups excluding carboxylic acids is 1. The minimum Gasteiger partial charge on any atom is -0.396 e. The summed E-state index contributed by atoms with van der Waals surface area (Å²) in [5.41, 5.74) is -2.30. The van der Waals surface area contributed by atoms with Crippen LogP contribution in [0.4, 0.5) is 26.3 Å². The van der Waals surface area contributed by atoms with Gasteiger partial charge in [0.05, 0.1) is 11.1 Å². The number of nitrogens with one attached hydrogen (secondary N) is 1. The molecule has 1 unspecified atom stereocenters. The topological polar surface area (TPSA) is 84.2 Å². The van der Waals surface area contributed by atoms with Crippen LogP contribution in [0.5, 0.6) is 0 Å². The molecule has 2 aromatic heterocycles. The molecule has 0 aliphatic heterocycles. The number of hydrogen-bond acceptors (Lipinski definition) is 4. The third kappa shape index (κ3) is 6.64. The SMILES string of the molecule is Cc1ccc(-c2c(C(=O)NCc3cc(C(F)(F)F)cc(C(F)(F)F)c3)n(CC(C)CCO)c(=O)c3ncccc23)cc1. The zero-order valence-electron chi connectivity index (χ0n) is 22.6. The molecule has 42 heavy (non-hydrogen) atoms. The van der Waals surface area contributed by atoms with Crippen LogP contribution in [0.2, 0.25) is 0 Å². The van der Waals surface area contributed by atoms with Gasteiger partial charge in [0, 0.05) is 36.8 Å². The zero-order valence-corrected chi connectivity index (χ0v) is 22.6. The minimum absolute atomic E-state index is 0.00466. The molecule has 222 valence electrons. The van der Waals surface area contributed by atoms with E-state index in [1.165, 1.54) is 10.8 Å². The van der Waals surface area contributed by atoms with Gasteiger partial charge in [-0.25, -0.2) is 0 Å². The van der Waals surface area contributed by atoms with Crippen LogP contribution in [0.15, 0.2) is 65.6 Å². The maximum atomic E-state index is 13.8. The highest BCUT2D eigenvalue weighted by atomic mass is 19.4. The molecule has 1 amide bonds. The summed E-state index contributed by atoms with van der Waals surface area (Å²) in [6.45, 7) is 2.77. The van der Waals surface area contributed by atoms with E-state index in [1.807, 2.05) is 6.92 Å². The van der Waals surface area contributed by atoms with Gasteiger partial charge in [0.15, 0.2) is 0 Å². The van der Waals surface area contributed by atoms with Crippen molar-refractivity contribution in [3.05, 3.63) is 99.1 Å². The van der Waals surface area contributed by atoms with Crippen molar-refractivity contribution in [2.24, 2.45) is 5.92 Å². The molecule has 0 radical (unpaired) electrons. The van der Waals surface area contributed by atoms with E-state index < -0.39 is 47.1 Å². The Bertz CT molecular complexity index is 1630. The molecule has 6 nitrogen and oxygen atoms in total. The molecule has 2 heterocycles. The summed E-state index contributed by atoms with van der Waals surface area (Å²) in [7, 11) is 0. The third-order valence-corrected chi connectivity index (χ3v) is 6.80. The smallest absolute Gasteiger partial charge is 0.396 e. The molecular weight excluding hydrogens is 564 g/mol. The second-order valence-corrected chi connectivity index (χ2v) is 10.1. The number of fused-ring (bicyclic) bond motifs is 1. The van der Waals surface area contributed by atoms with E-state index in [0.717, 1.165) is 5.56 Å². The van der Waals surface area contributed by atoms with Crippen LogP contribution < -0.4 is 10.9 Å². The van der Waals surface area contributed by atoms with E-state index in [0.29, 0.717) is 35.1 Å². The average Bonchev–Trinajstić information content (AvgIpc) is 2.92. The van der Waals surface area contributed by atoms with Crippen molar-refractivity contribution in [2.75, 3.05) is 6.61 Å². The first-order valence-corrected chi connectivity index (χ1v) is 13.0. The van der Waals surface area contributed by atoms with Crippen LogP contribution in [-0.4, -0.2) is 27.2 Å². The Morgan fingerprint density at radius 1 is 1.00 bits per heavy atom. The van der Waals surface area contributed by atoms with Gasteiger partial charge in [-0.2, -0.15) is 26.3 Å². The molecule has 0 spiro atoms. The quantitative estimate of drug-likeness (QED) is 0.234.